The summed E-state index contributed by atoms with van der Waals surface area (Å²) in [6.07, 6.45) is -0.298. The average molecular weight is 212 g/mol. The highest BCUT2D eigenvalue weighted by atomic mass is 16.3. The Balaban J connectivity index is 2.71. The minimum absolute atomic E-state index is 0.0651. The van der Waals surface area contributed by atoms with Crippen LogP contribution in [0.3, 0.4) is 0 Å². The molecule has 82 valence electrons. The third kappa shape index (κ3) is 3.15. The number of nitrogens with two attached hydrogens (primary N) is 2. The Morgan fingerprint density at radius 1 is 1.40 bits per heavy atom. The molecule has 0 fully saturated rings. The van der Waals surface area contributed by atoms with Gasteiger partial charge in [-0.1, -0.05) is 0 Å². The number of primary amides is 1. The highest BCUT2D eigenvalue weighted by Gasteiger charge is 2.20. The third-order valence-electron chi connectivity index (χ3n) is 1.81. The van der Waals surface area contributed by atoms with Crippen LogP contribution in [-0.2, 0) is 4.79 Å². The van der Waals surface area contributed by atoms with E-state index >= 15 is 0 Å². The van der Waals surface area contributed by atoms with Gasteiger partial charge in [0.25, 0.3) is 0 Å². The Morgan fingerprint density at radius 3 is 2.40 bits per heavy atom. The number of rotatable bonds is 4. The van der Waals surface area contributed by atoms with Gasteiger partial charge in [-0.15, -0.1) is 0 Å². The van der Waals surface area contributed by atoms with E-state index < -0.39 is 18.1 Å². The molecule has 0 aliphatic heterocycles. The largest absolute Gasteiger partial charge is 0.390 e. The normalized spacial score (nSPS) is 14.5. The quantitative estimate of drug-likeness (QED) is 0.471. The first-order chi connectivity index (χ1) is 7.00. The van der Waals surface area contributed by atoms with E-state index in [1.807, 2.05) is 0 Å². The molecule has 1 amide bonds. The first-order valence-electron chi connectivity index (χ1n) is 4.22. The molecule has 1 heterocycles. The standard InChI is InChI=1S/C8H12N4O3/c9-6(14)1-5(13)7(15)4-2-11-8(10)12-3-4/h2-3,5,7,13,15H,1H2,(H2,9,14)(H2,10,11,12). The van der Waals surface area contributed by atoms with Crippen molar-refractivity contribution in [3.63, 3.8) is 0 Å². The molecule has 6 N–H and O–H groups in total. The number of anilines is 1. The lowest BCUT2D eigenvalue weighted by atomic mass is 10.1. The molecular formula is C8H12N4O3. The van der Waals surface area contributed by atoms with E-state index in [0.29, 0.717) is 0 Å². The SMILES string of the molecule is NC(=O)CC(O)C(O)c1cnc(N)nc1. The third-order valence-corrected chi connectivity index (χ3v) is 1.81. The van der Waals surface area contributed by atoms with Crippen LogP contribution in [0.4, 0.5) is 5.95 Å². The van der Waals surface area contributed by atoms with Crippen LogP contribution in [0.1, 0.15) is 18.1 Å². The topological polar surface area (TPSA) is 135 Å². The molecule has 2 atom stereocenters. The van der Waals surface area contributed by atoms with E-state index in [4.69, 9.17) is 11.5 Å². The van der Waals surface area contributed by atoms with E-state index in [2.05, 4.69) is 9.97 Å². The van der Waals surface area contributed by atoms with Crippen molar-refractivity contribution in [2.45, 2.75) is 18.6 Å². The summed E-state index contributed by atoms with van der Waals surface area (Å²) in [4.78, 5) is 17.8. The predicted octanol–water partition coefficient (Wildman–Crippen LogP) is -1.67. The first-order valence-corrected chi connectivity index (χ1v) is 4.22. The maximum Gasteiger partial charge on any atom is 0.220 e. The van der Waals surface area contributed by atoms with E-state index in [-0.39, 0.29) is 17.9 Å². The number of nitrogen functional groups attached to an aromatic ring is 1. The van der Waals surface area contributed by atoms with Crippen LogP contribution in [0, 0.1) is 0 Å². The molecule has 2 unspecified atom stereocenters. The molecule has 7 nitrogen and oxygen atoms in total. The number of amides is 1. The van der Waals surface area contributed by atoms with Crippen molar-refractivity contribution in [2.75, 3.05) is 5.73 Å². The molecule has 1 aromatic rings. The van der Waals surface area contributed by atoms with Crippen molar-refractivity contribution in [3.05, 3.63) is 18.0 Å². The molecule has 0 saturated carbocycles. The fourth-order valence-electron chi connectivity index (χ4n) is 1.04. The highest BCUT2D eigenvalue weighted by molar-refractivity contribution is 5.74. The van der Waals surface area contributed by atoms with Gasteiger partial charge >= 0.3 is 0 Å². The number of nitrogens with zero attached hydrogens (tertiary/aromatic N) is 2. The summed E-state index contributed by atoms with van der Waals surface area (Å²) in [6.45, 7) is 0. The number of aromatic nitrogens is 2. The monoisotopic (exact) mass is 212 g/mol. The zero-order valence-electron chi connectivity index (χ0n) is 7.87. The molecule has 0 aromatic carbocycles. The van der Waals surface area contributed by atoms with E-state index in [9.17, 15) is 15.0 Å². The van der Waals surface area contributed by atoms with Crippen LogP contribution in [0.15, 0.2) is 12.4 Å². The second-order valence-corrected chi connectivity index (χ2v) is 3.06. The number of aliphatic hydroxyl groups excluding tert-OH is 2. The first kappa shape index (κ1) is 11.3. The van der Waals surface area contributed by atoms with Crippen LogP contribution in [0.2, 0.25) is 0 Å². The number of hydrogen-bond donors (Lipinski definition) is 4. The van der Waals surface area contributed by atoms with E-state index in [1.165, 1.54) is 12.4 Å². The maximum atomic E-state index is 10.5. The van der Waals surface area contributed by atoms with Gasteiger partial charge in [0.05, 0.1) is 12.5 Å². The van der Waals surface area contributed by atoms with Gasteiger partial charge in [0.1, 0.15) is 6.10 Å². The van der Waals surface area contributed by atoms with Crippen LogP contribution < -0.4 is 11.5 Å². The summed E-state index contributed by atoms with van der Waals surface area (Å²) in [6, 6.07) is 0. The molecule has 15 heavy (non-hydrogen) atoms. The second kappa shape index (κ2) is 4.67. The van der Waals surface area contributed by atoms with E-state index in [0.717, 1.165) is 0 Å². The molecule has 0 saturated heterocycles. The minimum atomic E-state index is -1.27. The smallest absolute Gasteiger partial charge is 0.220 e. The number of hydrogen-bond acceptors (Lipinski definition) is 6. The van der Waals surface area contributed by atoms with Gasteiger partial charge in [0, 0.05) is 18.0 Å². The van der Waals surface area contributed by atoms with Gasteiger partial charge in [0.2, 0.25) is 11.9 Å². The highest BCUT2D eigenvalue weighted by Crippen LogP contribution is 2.17. The molecule has 0 aliphatic rings. The van der Waals surface area contributed by atoms with Gasteiger partial charge in [-0.05, 0) is 0 Å². The minimum Gasteiger partial charge on any atom is -0.390 e. The molecule has 0 spiro atoms. The Morgan fingerprint density at radius 2 is 1.93 bits per heavy atom. The fourth-order valence-corrected chi connectivity index (χ4v) is 1.04. The van der Waals surface area contributed by atoms with Crippen molar-refractivity contribution in [1.82, 2.24) is 9.97 Å². The van der Waals surface area contributed by atoms with Crippen LogP contribution >= 0.6 is 0 Å². The average Bonchev–Trinajstić information content (AvgIpc) is 2.17. The van der Waals surface area contributed by atoms with Crippen LogP contribution in [0.25, 0.3) is 0 Å². The van der Waals surface area contributed by atoms with Crippen molar-refractivity contribution in [3.8, 4) is 0 Å². The lowest BCUT2D eigenvalue weighted by molar-refractivity contribution is -0.121. The van der Waals surface area contributed by atoms with Crippen molar-refractivity contribution in [2.24, 2.45) is 5.73 Å². The Hall–Kier alpha value is -1.73. The van der Waals surface area contributed by atoms with Crippen LogP contribution in [-0.4, -0.2) is 32.2 Å². The van der Waals surface area contributed by atoms with Crippen molar-refractivity contribution >= 4 is 11.9 Å². The summed E-state index contributed by atoms with van der Waals surface area (Å²) >= 11 is 0. The molecule has 0 bridgehead atoms. The fraction of sp³-hybridized carbons (Fsp3) is 0.375. The summed E-state index contributed by atoms with van der Waals surface area (Å²) in [5.74, 6) is -0.631. The van der Waals surface area contributed by atoms with Gasteiger partial charge in [-0.2, -0.15) is 0 Å². The van der Waals surface area contributed by atoms with Gasteiger partial charge < -0.3 is 21.7 Å². The summed E-state index contributed by atoms with van der Waals surface area (Å²) < 4.78 is 0. The summed E-state index contributed by atoms with van der Waals surface area (Å²) in [5.41, 5.74) is 10.4. The Kier molecular flexibility index (Phi) is 3.53. The summed E-state index contributed by atoms with van der Waals surface area (Å²) in [5, 5.41) is 18.9. The van der Waals surface area contributed by atoms with Crippen molar-refractivity contribution in [1.29, 1.82) is 0 Å². The van der Waals surface area contributed by atoms with Gasteiger partial charge in [0.15, 0.2) is 0 Å². The molecule has 0 radical (unpaired) electrons. The summed E-state index contributed by atoms with van der Waals surface area (Å²) in [7, 11) is 0. The number of carbonyl (C=O) groups excluding carboxylic acids is 1. The predicted molar refractivity (Wildman–Crippen MR) is 51.2 cm³/mol. The molecular weight excluding hydrogens is 200 g/mol. The lowest BCUT2D eigenvalue weighted by Crippen LogP contribution is -2.25. The van der Waals surface area contributed by atoms with Crippen LogP contribution in [0.5, 0.6) is 0 Å². The van der Waals surface area contributed by atoms with E-state index in [1.54, 1.807) is 0 Å². The zero-order chi connectivity index (χ0) is 11.4. The Labute approximate surface area is 85.8 Å². The molecule has 0 aliphatic carbocycles. The van der Waals surface area contributed by atoms with Crippen molar-refractivity contribution < 1.29 is 15.0 Å². The zero-order valence-corrected chi connectivity index (χ0v) is 7.87. The molecule has 1 aromatic heterocycles. The van der Waals surface area contributed by atoms with Gasteiger partial charge in [-0.3, -0.25) is 4.79 Å². The Bertz CT molecular complexity index is 340. The number of carbonyl (C=O) groups is 1. The molecule has 7 heteroatoms. The lowest BCUT2D eigenvalue weighted by Gasteiger charge is -2.15. The number of aliphatic hydroxyl groups is 2. The molecule has 1 rings (SSSR count). The second-order valence-electron chi connectivity index (χ2n) is 3.06. The van der Waals surface area contributed by atoms with Gasteiger partial charge in [-0.25, -0.2) is 9.97 Å². The maximum absolute atomic E-state index is 10.5.